The highest BCUT2D eigenvalue weighted by Crippen LogP contribution is 2.24. The van der Waals surface area contributed by atoms with E-state index in [1.54, 1.807) is 10.7 Å². The molecule has 0 bridgehead atoms. The fraction of sp³-hybridized carbons (Fsp3) is 0.706. The van der Waals surface area contributed by atoms with Crippen molar-refractivity contribution in [2.24, 2.45) is 5.92 Å². The maximum absolute atomic E-state index is 12.2. The summed E-state index contributed by atoms with van der Waals surface area (Å²) in [6.07, 6.45) is 6.24. The second-order valence-corrected chi connectivity index (χ2v) is 7.11. The number of nitrogens with zero attached hydrogens (tertiary/aromatic N) is 3. The minimum atomic E-state index is 0.0244. The highest BCUT2D eigenvalue weighted by molar-refractivity contribution is 5.82. The first kappa shape index (κ1) is 14.9. The number of carbonyl (C=O) groups is 1. The van der Waals surface area contributed by atoms with Gasteiger partial charge in [-0.2, -0.15) is 5.10 Å². The fourth-order valence-corrected chi connectivity index (χ4v) is 4.07. The van der Waals surface area contributed by atoms with Crippen molar-refractivity contribution in [2.45, 2.75) is 51.1 Å². The summed E-state index contributed by atoms with van der Waals surface area (Å²) < 4.78 is 1.64. The number of rotatable bonds is 3. The summed E-state index contributed by atoms with van der Waals surface area (Å²) in [6.45, 7) is 3.27. The van der Waals surface area contributed by atoms with Gasteiger partial charge < -0.3 is 5.32 Å². The Labute approximate surface area is 135 Å². The first-order valence-corrected chi connectivity index (χ1v) is 8.82. The molecule has 1 amide bonds. The van der Waals surface area contributed by atoms with Crippen molar-refractivity contribution in [1.82, 2.24) is 20.0 Å². The molecule has 6 nitrogen and oxygen atoms in total. The first-order valence-electron chi connectivity index (χ1n) is 8.82. The molecule has 1 aliphatic carbocycles. The van der Waals surface area contributed by atoms with Crippen LogP contribution >= 0.6 is 0 Å². The standard InChI is InChI=1S/C17H24N4O2/c22-16-8-13-4-3-5-14(13)19-21(16)11-12-9-20(10-12)15-6-1-2-7-18-17(15)23/h8,12,15H,1-7,9-11H2,(H,18,23). The summed E-state index contributed by atoms with van der Waals surface area (Å²) in [6, 6.07) is 1.79. The number of nitrogens with one attached hydrogen (secondary N) is 1. The number of aromatic nitrogens is 2. The zero-order valence-electron chi connectivity index (χ0n) is 13.5. The number of hydrogen-bond acceptors (Lipinski definition) is 4. The Balaban J connectivity index is 1.37. The number of carbonyl (C=O) groups excluding carboxylic acids is 1. The summed E-state index contributed by atoms with van der Waals surface area (Å²) in [5.74, 6) is 0.601. The second-order valence-electron chi connectivity index (χ2n) is 7.11. The van der Waals surface area contributed by atoms with E-state index in [0.717, 1.165) is 69.4 Å². The van der Waals surface area contributed by atoms with Gasteiger partial charge in [-0.1, -0.05) is 0 Å². The summed E-state index contributed by atoms with van der Waals surface area (Å²) >= 11 is 0. The van der Waals surface area contributed by atoms with Crippen molar-refractivity contribution in [3.8, 4) is 0 Å². The molecule has 2 fully saturated rings. The van der Waals surface area contributed by atoms with Gasteiger partial charge in [-0.3, -0.25) is 14.5 Å². The van der Waals surface area contributed by atoms with Crippen molar-refractivity contribution < 1.29 is 4.79 Å². The molecule has 0 spiro atoms. The molecule has 1 aromatic heterocycles. The summed E-state index contributed by atoms with van der Waals surface area (Å²) in [5.41, 5.74) is 2.26. The lowest BCUT2D eigenvalue weighted by Gasteiger charge is -2.43. The lowest BCUT2D eigenvalue weighted by atomic mass is 9.95. The molecule has 0 saturated carbocycles. The number of likely N-dealkylation sites (tertiary alicyclic amines) is 1. The van der Waals surface area contributed by atoms with Gasteiger partial charge in [0.25, 0.3) is 5.56 Å². The molecule has 2 saturated heterocycles. The second kappa shape index (κ2) is 6.07. The van der Waals surface area contributed by atoms with Gasteiger partial charge in [0, 0.05) is 31.6 Å². The summed E-state index contributed by atoms with van der Waals surface area (Å²) in [7, 11) is 0. The maximum Gasteiger partial charge on any atom is 0.267 e. The van der Waals surface area contributed by atoms with Crippen LogP contribution in [0.2, 0.25) is 0 Å². The number of fused-ring (bicyclic) bond motifs is 1. The quantitative estimate of drug-likeness (QED) is 0.873. The summed E-state index contributed by atoms with van der Waals surface area (Å²) in [5, 5.41) is 7.55. The van der Waals surface area contributed by atoms with Crippen LogP contribution < -0.4 is 10.9 Å². The predicted molar refractivity (Wildman–Crippen MR) is 86.2 cm³/mol. The predicted octanol–water partition coefficient (Wildman–Crippen LogP) is 0.333. The van der Waals surface area contributed by atoms with E-state index < -0.39 is 0 Å². The molecule has 3 aliphatic rings. The topological polar surface area (TPSA) is 67.2 Å². The lowest BCUT2D eigenvalue weighted by Crippen LogP contribution is -2.58. The molecule has 3 heterocycles. The van der Waals surface area contributed by atoms with Gasteiger partial charge in [0.1, 0.15) is 0 Å². The van der Waals surface area contributed by atoms with E-state index in [0.29, 0.717) is 12.5 Å². The van der Waals surface area contributed by atoms with E-state index in [-0.39, 0.29) is 17.5 Å². The Kier molecular flexibility index (Phi) is 3.93. The lowest BCUT2D eigenvalue weighted by molar-refractivity contribution is -0.129. The molecule has 124 valence electrons. The van der Waals surface area contributed by atoms with Gasteiger partial charge in [0.05, 0.1) is 18.3 Å². The van der Waals surface area contributed by atoms with Crippen molar-refractivity contribution >= 4 is 5.91 Å². The molecule has 6 heteroatoms. The largest absolute Gasteiger partial charge is 0.355 e. The molecule has 1 atom stereocenters. The van der Waals surface area contributed by atoms with Crippen molar-refractivity contribution in [2.75, 3.05) is 19.6 Å². The molecule has 1 aromatic rings. The highest BCUT2D eigenvalue weighted by atomic mass is 16.2. The number of aryl methyl sites for hydroxylation is 2. The van der Waals surface area contributed by atoms with Crippen LogP contribution in [0.5, 0.6) is 0 Å². The zero-order valence-corrected chi connectivity index (χ0v) is 13.5. The van der Waals surface area contributed by atoms with Crippen LogP contribution in [0.4, 0.5) is 0 Å². The Morgan fingerprint density at radius 1 is 1.17 bits per heavy atom. The van der Waals surface area contributed by atoms with Gasteiger partial charge in [0.15, 0.2) is 0 Å². The van der Waals surface area contributed by atoms with Crippen LogP contribution in [0.1, 0.15) is 36.9 Å². The minimum absolute atomic E-state index is 0.0244. The minimum Gasteiger partial charge on any atom is -0.355 e. The molecule has 0 radical (unpaired) electrons. The van der Waals surface area contributed by atoms with E-state index in [9.17, 15) is 9.59 Å². The molecule has 1 N–H and O–H groups in total. The van der Waals surface area contributed by atoms with Gasteiger partial charge in [-0.05, 0) is 44.1 Å². The van der Waals surface area contributed by atoms with Crippen LogP contribution in [0.15, 0.2) is 10.9 Å². The average Bonchev–Trinajstić information content (AvgIpc) is 2.83. The van der Waals surface area contributed by atoms with E-state index >= 15 is 0 Å². The van der Waals surface area contributed by atoms with E-state index in [1.165, 1.54) is 0 Å². The monoisotopic (exact) mass is 316 g/mol. The van der Waals surface area contributed by atoms with Gasteiger partial charge >= 0.3 is 0 Å². The van der Waals surface area contributed by atoms with Crippen molar-refractivity contribution in [3.05, 3.63) is 27.7 Å². The Hall–Kier alpha value is -1.69. The molecule has 1 unspecified atom stereocenters. The third-order valence-electron chi connectivity index (χ3n) is 5.39. The van der Waals surface area contributed by atoms with Crippen LogP contribution in [0.3, 0.4) is 0 Å². The fourth-order valence-electron chi connectivity index (χ4n) is 4.07. The average molecular weight is 316 g/mol. The molecular formula is C17H24N4O2. The van der Waals surface area contributed by atoms with Gasteiger partial charge in [-0.15, -0.1) is 0 Å². The SMILES string of the molecule is O=C1NCCCCC1N1CC(Cn2nc3c(cc2=O)CCC3)C1. The first-order chi connectivity index (χ1) is 11.2. The van der Waals surface area contributed by atoms with Crippen molar-refractivity contribution in [3.63, 3.8) is 0 Å². The Morgan fingerprint density at radius 3 is 2.91 bits per heavy atom. The Bertz CT molecular complexity index is 663. The Morgan fingerprint density at radius 2 is 2.04 bits per heavy atom. The number of amides is 1. The molecule has 2 aliphatic heterocycles. The van der Waals surface area contributed by atoms with E-state index in [1.807, 2.05) is 0 Å². The van der Waals surface area contributed by atoms with Gasteiger partial charge in [0.2, 0.25) is 5.91 Å². The molecule has 0 aromatic carbocycles. The maximum atomic E-state index is 12.2. The normalized spacial score (nSPS) is 25.6. The van der Waals surface area contributed by atoms with Crippen LogP contribution in [-0.2, 0) is 24.2 Å². The van der Waals surface area contributed by atoms with E-state index in [2.05, 4.69) is 15.3 Å². The third kappa shape index (κ3) is 2.92. The molecule has 4 rings (SSSR count). The van der Waals surface area contributed by atoms with Crippen LogP contribution in [-0.4, -0.2) is 46.3 Å². The third-order valence-corrected chi connectivity index (χ3v) is 5.39. The van der Waals surface area contributed by atoms with E-state index in [4.69, 9.17) is 0 Å². The molecular weight excluding hydrogens is 292 g/mol. The van der Waals surface area contributed by atoms with Crippen molar-refractivity contribution in [1.29, 1.82) is 0 Å². The number of hydrogen-bond donors (Lipinski definition) is 1. The van der Waals surface area contributed by atoms with Crippen LogP contribution in [0.25, 0.3) is 0 Å². The summed E-state index contributed by atoms with van der Waals surface area (Å²) in [4.78, 5) is 26.5. The smallest absolute Gasteiger partial charge is 0.267 e. The molecule has 23 heavy (non-hydrogen) atoms. The zero-order chi connectivity index (χ0) is 15.8. The highest BCUT2D eigenvalue weighted by Gasteiger charge is 2.36. The van der Waals surface area contributed by atoms with Gasteiger partial charge in [-0.25, -0.2) is 4.68 Å². The van der Waals surface area contributed by atoms with Crippen LogP contribution in [0, 0.1) is 5.92 Å².